The fraction of sp³-hybridized carbons (Fsp3) is 0.400. The van der Waals surface area contributed by atoms with E-state index in [4.69, 9.17) is 16.3 Å². The molecule has 13 heavy (non-hydrogen) atoms. The number of hydrogen-bond donors (Lipinski definition) is 1. The third kappa shape index (κ3) is 2.36. The van der Waals surface area contributed by atoms with Crippen LogP contribution in [0.5, 0.6) is 5.75 Å². The summed E-state index contributed by atoms with van der Waals surface area (Å²) in [6.07, 6.45) is 0. The second-order valence-corrected chi connectivity index (χ2v) is 3.33. The topological polar surface area (TPSA) is 21.3 Å². The SMILES string of the molecule is CNC(Cl)c1cc(C)ccc1OC. The van der Waals surface area contributed by atoms with Crippen molar-refractivity contribution in [3.8, 4) is 5.75 Å². The molecule has 0 aliphatic rings. The lowest BCUT2D eigenvalue weighted by Crippen LogP contribution is -2.11. The van der Waals surface area contributed by atoms with E-state index in [1.807, 2.05) is 32.2 Å². The first-order valence-electron chi connectivity index (χ1n) is 4.15. The molecule has 1 aromatic carbocycles. The van der Waals surface area contributed by atoms with Gasteiger partial charge in [-0.1, -0.05) is 11.6 Å². The van der Waals surface area contributed by atoms with Crippen molar-refractivity contribution in [2.75, 3.05) is 14.2 Å². The summed E-state index contributed by atoms with van der Waals surface area (Å²) in [5.74, 6) is 0.819. The lowest BCUT2D eigenvalue weighted by Gasteiger charge is -2.13. The van der Waals surface area contributed by atoms with Crippen LogP contribution in [0, 0.1) is 6.92 Å². The number of ether oxygens (including phenoxy) is 1. The standard InChI is InChI=1S/C10H14ClNO/c1-7-4-5-9(13-3)8(6-7)10(11)12-2/h4-6,10,12H,1-3H3. The first-order valence-corrected chi connectivity index (χ1v) is 4.58. The number of methoxy groups -OCH3 is 1. The lowest BCUT2D eigenvalue weighted by atomic mass is 10.1. The molecule has 1 unspecified atom stereocenters. The van der Waals surface area contributed by atoms with Crippen LogP contribution in [0.1, 0.15) is 16.6 Å². The minimum Gasteiger partial charge on any atom is -0.496 e. The average Bonchev–Trinajstić information content (AvgIpc) is 2.16. The fourth-order valence-corrected chi connectivity index (χ4v) is 1.38. The Morgan fingerprint density at radius 1 is 1.46 bits per heavy atom. The molecule has 1 rings (SSSR count). The normalized spacial score (nSPS) is 12.6. The van der Waals surface area contributed by atoms with Gasteiger partial charge >= 0.3 is 0 Å². The summed E-state index contributed by atoms with van der Waals surface area (Å²) in [6, 6.07) is 5.95. The highest BCUT2D eigenvalue weighted by Crippen LogP contribution is 2.28. The highest BCUT2D eigenvalue weighted by Gasteiger charge is 2.10. The Bertz CT molecular complexity index is 288. The van der Waals surface area contributed by atoms with Crippen molar-refractivity contribution in [1.82, 2.24) is 5.32 Å². The van der Waals surface area contributed by atoms with Crippen LogP contribution in [-0.2, 0) is 0 Å². The Morgan fingerprint density at radius 3 is 2.69 bits per heavy atom. The van der Waals surface area contributed by atoms with Crippen LogP contribution < -0.4 is 10.1 Å². The number of aryl methyl sites for hydroxylation is 1. The number of rotatable bonds is 3. The van der Waals surface area contributed by atoms with Gasteiger partial charge in [-0.05, 0) is 26.1 Å². The molecule has 0 radical (unpaired) electrons. The van der Waals surface area contributed by atoms with Crippen LogP contribution in [0.25, 0.3) is 0 Å². The molecule has 0 saturated heterocycles. The number of nitrogens with one attached hydrogen (secondary N) is 1. The third-order valence-corrected chi connectivity index (χ3v) is 2.37. The van der Waals surface area contributed by atoms with Crippen LogP contribution in [-0.4, -0.2) is 14.2 Å². The molecule has 0 aromatic heterocycles. The zero-order valence-corrected chi connectivity index (χ0v) is 8.85. The summed E-state index contributed by atoms with van der Waals surface area (Å²) in [6.45, 7) is 2.03. The van der Waals surface area contributed by atoms with Crippen LogP contribution in [0.4, 0.5) is 0 Å². The molecule has 72 valence electrons. The molecule has 0 bridgehead atoms. The van der Waals surface area contributed by atoms with Gasteiger partial charge in [0.25, 0.3) is 0 Å². The van der Waals surface area contributed by atoms with Gasteiger partial charge in [-0.3, -0.25) is 0 Å². The van der Waals surface area contributed by atoms with E-state index < -0.39 is 0 Å². The minimum atomic E-state index is -0.199. The number of alkyl halides is 1. The minimum absolute atomic E-state index is 0.199. The molecule has 1 N–H and O–H groups in total. The van der Waals surface area contributed by atoms with E-state index in [-0.39, 0.29) is 5.50 Å². The summed E-state index contributed by atoms with van der Waals surface area (Å²) in [4.78, 5) is 0. The quantitative estimate of drug-likeness (QED) is 0.597. The zero-order valence-electron chi connectivity index (χ0n) is 8.10. The van der Waals surface area contributed by atoms with Gasteiger partial charge in [0.15, 0.2) is 0 Å². The maximum absolute atomic E-state index is 6.06. The molecule has 0 spiro atoms. The lowest BCUT2D eigenvalue weighted by molar-refractivity contribution is 0.407. The van der Waals surface area contributed by atoms with Crippen molar-refractivity contribution in [2.24, 2.45) is 0 Å². The molecule has 3 heteroatoms. The van der Waals surface area contributed by atoms with E-state index in [2.05, 4.69) is 5.32 Å². The molecule has 0 heterocycles. The average molecular weight is 200 g/mol. The maximum Gasteiger partial charge on any atom is 0.124 e. The summed E-state index contributed by atoms with van der Waals surface area (Å²) in [5.41, 5.74) is 1.96. The molecule has 0 saturated carbocycles. The van der Waals surface area contributed by atoms with Crippen LogP contribution in [0.3, 0.4) is 0 Å². The van der Waals surface area contributed by atoms with E-state index >= 15 is 0 Å². The van der Waals surface area contributed by atoms with Crippen molar-refractivity contribution in [1.29, 1.82) is 0 Å². The Hall–Kier alpha value is -0.730. The van der Waals surface area contributed by atoms with Crippen molar-refractivity contribution >= 4 is 11.6 Å². The molecule has 1 aromatic rings. The zero-order chi connectivity index (χ0) is 9.84. The predicted octanol–water partition coefficient (Wildman–Crippen LogP) is 2.46. The molecule has 0 aliphatic heterocycles. The Kier molecular flexibility index (Phi) is 3.58. The van der Waals surface area contributed by atoms with E-state index in [1.54, 1.807) is 7.11 Å². The van der Waals surface area contributed by atoms with E-state index in [9.17, 15) is 0 Å². The Morgan fingerprint density at radius 2 is 2.15 bits per heavy atom. The maximum atomic E-state index is 6.06. The summed E-state index contributed by atoms with van der Waals surface area (Å²) >= 11 is 6.06. The van der Waals surface area contributed by atoms with E-state index in [1.165, 1.54) is 5.56 Å². The molecule has 0 aliphatic carbocycles. The van der Waals surface area contributed by atoms with Gasteiger partial charge in [0.05, 0.1) is 7.11 Å². The van der Waals surface area contributed by atoms with Crippen molar-refractivity contribution in [3.63, 3.8) is 0 Å². The Labute approximate surface area is 83.9 Å². The van der Waals surface area contributed by atoms with Gasteiger partial charge in [-0.15, -0.1) is 11.6 Å². The first kappa shape index (κ1) is 10.4. The molecule has 1 atom stereocenters. The number of benzene rings is 1. The molecule has 2 nitrogen and oxygen atoms in total. The first-order chi connectivity index (χ1) is 6.19. The Balaban J connectivity index is 3.07. The highest BCUT2D eigenvalue weighted by atomic mass is 35.5. The van der Waals surface area contributed by atoms with Gasteiger partial charge in [0.1, 0.15) is 11.3 Å². The van der Waals surface area contributed by atoms with Gasteiger partial charge in [0.2, 0.25) is 0 Å². The van der Waals surface area contributed by atoms with Crippen molar-refractivity contribution < 1.29 is 4.74 Å². The fourth-order valence-electron chi connectivity index (χ4n) is 1.21. The van der Waals surface area contributed by atoms with Crippen molar-refractivity contribution in [2.45, 2.75) is 12.4 Å². The second-order valence-electron chi connectivity index (χ2n) is 2.90. The summed E-state index contributed by atoms with van der Waals surface area (Å²) in [5, 5.41) is 2.97. The van der Waals surface area contributed by atoms with Gasteiger partial charge in [0, 0.05) is 5.56 Å². The predicted molar refractivity (Wildman–Crippen MR) is 55.4 cm³/mol. The molecule has 0 amide bonds. The van der Waals surface area contributed by atoms with E-state index in [0.29, 0.717) is 0 Å². The highest BCUT2D eigenvalue weighted by molar-refractivity contribution is 6.20. The molecular formula is C10H14ClNO. The van der Waals surface area contributed by atoms with Gasteiger partial charge in [-0.25, -0.2) is 0 Å². The smallest absolute Gasteiger partial charge is 0.124 e. The van der Waals surface area contributed by atoms with Gasteiger partial charge < -0.3 is 10.1 Å². The largest absolute Gasteiger partial charge is 0.496 e. The molecular weight excluding hydrogens is 186 g/mol. The van der Waals surface area contributed by atoms with Crippen molar-refractivity contribution in [3.05, 3.63) is 29.3 Å². The number of halogens is 1. The monoisotopic (exact) mass is 199 g/mol. The van der Waals surface area contributed by atoms with Gasteiger partial charge in [-0.2, -0.15) is 0 Å². The summed E-state index contributed by atoms with van der Waals surface area (Å²) < 4.78 is 5.20. The summed E-state index contributed by atoms with van der Waals surface area (Å²) in [7, 11) is 3.47. The van der Waals surface area contributed by atoms with E-state index in [0.717, 1.165) is 11.3 Å². The number of hydrogen-bond acceptors (Lipinski definition) is 2. The van der Waals surface area contributed by atoms with Crippen LogP contribution >= 0.6 is 11.6 Å². The second kappa shape index (κ2) is 4.49. The third-order valence-electron chi connectivity index (χ3n) is 1.91. The van der Waals surface area contributed by atoms with Crippen LogP contribution in [0.2, 0.25) is 0 Å². The van der Waals surface area contributed by atoms with Crippen LogP contribution in [0.15, 0.2) is 18.2 Å². The molecule has 0 fully saturated rings.